The lowest BCUT2D eigenvalue weighted by Crippen LogP contribution is -2.35. The molecule has 0 bridgehead atoms. The van der Waals surface area contributed by atoms with E-state index in [9.17, 15) is 16.8 Å². The average molecular weight is 404 g/mol. The Morgan fingerprint density at radius 1 is 1.11 bits per heavy atom. The molecule has 0 spiro atoms. The largest absolute Gasteiger partial charge is 0.398 e. The fourth-order valence-corrected chi connectivity index (χ4v) is 5.18. The lowest BCUT2D eigenvalue weighted by molar-refractivity contribution is 0.590. The van der Waals surface area contributed by atoms with Gasteiger partial charge in [0, 0.05) is 9.26 Å². The number of hydrogen-bond donors (Lipinski definition) is 1. The van der Waals surface area contributed by atoms with Gasteiger partial charge in [-0.25, -0.2) is 16.8 Å². The molecule has 0 atom stereocenters. The summed E-state index contributed by atoms with van der Waals surface area (Å²) in [7, 11) is -7.88. The van der Waals surface area contributed by atoms with E-state index in [0.717, 1.165) is 16.1 Å². The van der Waals surface area contributed by atoms with Crippen LogP contribution < -0.4 is 9.44 Å². The first-order valence-electron chi connectivity index (χ1n) is 4.70. The zero-order valence-electron chi connectivity index (χ0n) is 10.0. The Morgan fingerprint density at radius 2 is 1.56 bits per heavy atom. The van der Waals surface area contributed by atoms with Crippen LogP contribution in [0.5, 0.6) is 0 Å². The number of hydrogen-bond acceptors (Lipinski definition) is 5. The van der Waals surface area contributed by atoms with Gasteiger partial charge in [-0.15, -0.1) is 0 Å². The van der Waals surface area contributed by atoms with Crippen molar-refractivity contribution >= 4 is 54.0 Å². The van der Waals surface area contributed by atoms with Crippen LogP contribution in [0, 0.1) is 10.5 Å². The van der Waals surface area contributed by atoms with E-state index in [0.29, 0.717) is 15.0 Å². The highest BCUT2D eigenvalue weighted by Gasteiger charge is 2.29. The van der Waals surface area contributed by atoms with Crippen LogP contribution in [0.4, 0.5) is 11.4 Å². The predicted molar refractivity (Wildman–Crippen MR) is 80.5 cm³/mol. The van der Waals surface area contributed by atoms with Crippen molar-refractivity contribution in [1.29, 1.82) is 0 Å². The molecular weight excluding hydrogens is 391 g/mol. The van der Waals surface area contributed by atoms with Crippen LogP contribution in [0.15, 0.2) is 12.1 Å². The van der Waals surface area contributed by atoms with Crippen molar-refractivity contribution in [3.8, 4) is 0 Å². The molecule has 0 aromatic heterocycles. The molecule has 0 saturated heterocycles. The SMILES string of the molecule is Cc1cc(I)c(N)cc1N(S(C)(=O)=O)S(C)(=O)=O. The maximum absolute atomic E-state index is 11.6. The predicted octanol–water partition coefficient (Wildman–Crippen LogP) is 0.907. The molecule has 0 aliphatic carbocycles. The van der Waals surface area contributed by atoms with E-state index in [-0.39, 0.29) is 5.69 Å². The maximum atomic E-state index is 11.6. The van der Waals surface area contributed by atoms with Gasteiger partial charge in [0.2, 0.25) is 20.0 Å². The molecule has 6 nitrogen and oxygen atoms in total. The van der Waals surface area contributed by atoms with Gasteiger partial charge in [0.1, 0.15) is 0 Å². The Hall–Kier alpha value is -0.550. The van der Waals surface area contributed by atoms with E-state index in [1.807, 2.05) is 22.6 Å². The summed E-state index contributed by atoms with van der Waals surface area (Å²) in [6.45, 7) is 1.63. The second-order valence-electron chi connectivity index (χ2n) is 3.88. The number of rotatable bonds is 3. The monoisotopic (exact) mass is 404 g/mol. The van der Waals surface area contributed by atoms with E-state index >= 15 is 0 Å². The normalized spacial score (nSPS) is 12.4. The van der Waals surface area contributed by atoms with E-state index in [1.165, 1.54) is 6.07 Å². The fraction of sp³-hybridized carbons (Fsp3) is 0.333. The average Bonchev–Trinajstić information content (AvgIpc) is 2.09. The van der Waals surface area contributed by atoms with Gasteiger partial charge in [0.05, 0.1) is 18.2 Å². The van der Waals surface area contributed by atoms with Crippen molar-refractivity contribution in [1.82, 2.24) is 0 Å². The summed E-state index contributed by atoms with van der Waals surface area (Å²) in [4.78, 5) is 0. The quantitative estimate of drug-likeness (QED) is 0.597. The van der Waals surface area contributed by atoms with Crippen molar-refractivity contribution in [2.75, 3.05) is 22.0 Å². The lowest BCUT2D eigenvalue weighted by atomic mass is 10.2. The summed E-state index contributed by atoms with van der Waals surface area (Å²) in [5, 5.41) is 0. The molecule has 0 aliphatic heterocycles. The second-order valence-corrected chi connectivity index (χ2v) is 8.94. The molecule has 0 unspecified atom stereocenters. The minimum Gasteiger partial charge on any atom is -0.398 e. The molecule has 1 aromatic carbocycles. The number of nitrogen functional groups attached to an aromatic ring is 1. The summed E-state index contributed by atoms with van der Waals surface area (Å²) < 4.78 is 47.6. The van der Waals surface area contributed by atoms with Crippen LogP contribution in [0.2, 0.25) is 0 Å². The van der Waals surface area contributed by atoms with Crippen LogP contribution in [-0.4, -0.2) is 29.3 Å². The van der Waals surface area contributed by atoms with Gasteiger partial charge in [-0.2, -0.15) is 3.71 Å². The zero-order valence-corrected chi connectivity index (χ0v) is 13.8. The summed E-state index contributed by atoms with van der Waals surface area (Å²) >= 11 is 1.99. The zero-order chi connectivity index (χ0) is 14.3. The standard InChI is InChI=1S/C9H13IN2O4S2/c1-6-4-7(10)8(11)5-9(6)12(17(2,13)14)18(3,15)16/h4-5H,11H2,1-3H3. The van der Waals surface area contributed by atoms with E-state index in [2.05, 4.69) is 0 Å². The summed E-state index contributed by atoms with van der Waals surface area (Å²) in [5.74, 6) is 0. The van der Waals surface area contributed by atoms with E-state index < -0.39 is 20.0 Å². The third kappa shape index (κ3) is 3.26. The van der Waals surface area contributed by atoms with Crippen molar-refractivity contribution in [3.63, 3.8) is 0 Å². The molecule has 1 aromatic rings. The van der Waals surface area contributed by atoms with E-state index in [4.69, 9.17) is 5.73 Å². The maximum Gasteiger partial charge on any atom is 0.245 e. The van der Waals surface area contributed by atoms with Gasteiger partial charge in [0.15, 0.2) is 0 Å². The van der Waals surface area contributed by atoms with Gasteiger partial charge in [-0.05, 0) is 47.2 Å². The minimum atomic E-state index is -3.94. The van der Waals surface area contributed by atoms with Gasteiger partial charge >= 0.3 is 0 Å². The Bertz CT molecular complexity index is 651. The van der Waals surface area contributed by atoms with Gasteiger partial charge in [0.25, 0.3) is 0 Å². The molecule has 0 fully saturated rings. The number of anilines is 2. The molecule has 102 valence electrons. The summed E-state index contributed by atoms with van der Waals surface area (Å²) in [5.41, 5.74) is 6.59. The lowest BCUT2D eigenvalue weighted by Gasteiger charge is -2.22. The number of benzene rings is 1. The smallest absolute Gasteiger partial charge is 0.245 e. The van der Waals surface area contributed by atoms with Crippen molar-refractivity contribution in [2.24, 2.45) is 0 Å². The molecular formula is C9H13IN2O4S2. The Labute approximate surface area is 120 Å². The third-order valence-corrected chi connectivity index (χ3v) is 6.27. The highest BCUT2D eigenvalue weighted by Crippen LogP contribution is 2.30. The minimum absolute atomic E-state index is 0.0536. The van der Waals surface area contributed by atoms with Crippen LogP contribution in [0.1, 0.15) is 5.56 Å². The Balaban J connectivity index is 3.66. The molecule has 0 heterocycles. The molecule has 2 N–H and O–H groups in total. The molecule has 0 amide bonds. The number of halogens is 1. The Morgan fingerprint density at radius 3 is 1.94 bits per heavy atom. The van der Waals surface area contributed by atoms with Crippen molar-refractivity contribution in [3.05, 3.63) is 21.3 Å². The van der Waals surface area contributed by atoms with Crippen LogP contribution in [0.25, 0.3) is 0 Å². The summed E-state index contributed by atoms with van der Waals surface area (Å²) in [6, 6.07) is 2.98. The van der Waals surface area contributed by atoms with Crippen molar-refractivity contribution < 1.29 is 16.8 Å². The van der Waals surface area contributed by atoms with Crippen LogP contribution >= 0.6 is 22.6 Å². The first-order chi connectivity index (χ1) is 7.94. The van der Waals surface area contributed by atoms with Crippen LogP contribution in [-0.2, 0) is 20.0 Å². The van der Waals surface area contributed by atoms with Crippen molar-refractivity contribution in [2.45, 2.75) is 6.92 Å². The van der Waals surface area contributed by atoms with Gasteiger partial charge < -0.3 is 5.73 Å². The Kier molecular flexibility index (Phi) is 4.18. The van der Waals surface area contributed by atoms with E-state index in [1.54, 1.807) is 13.0 Å². The highest BCUT2D eigenvalue weighted by atomic mass is 127. The van der Waals surface area contributed by atoms with Crippen LogP contribution in [0.3, 0.4) is 0 Å². The molecule has 0 aliphatic rings. The topological polar surface area (TPSA) is 97.5 Å². The number of sulfonamides is 2. The molecule has 18 heavy (non-hydrogen) atoms. The highest BCUT2D eigenvalue weighted by molar-refractivity contribution is 14.1. The van der Waals surface area contributed by atoms with Gasteiger partial charge in [-0.3, -0.25) is 0 Å². The first kappa shape index (κ1) is 15.5. The molecule has 0 saturated carbocycles. The second kappa shape index (κ2) is 4.85. The third-order valence-electron chi connectivity index (χ3n) is 2.11. The number of nitrogens with two attached hydrogens (primary N) is 1. The van der Waals surface area contributed by atoms with Gasteiger partial charge in [-0.1, -0.05) is 0 Å². The number of aryl methyl sites for hydroxylation is 1. The fourth-order valence-electron chi connectivity index (χ4n) is 1.48. The molecule has 1 rings (SSSR count). The number of nitrogens with zero attached hydrogens (tertiary/aromatic N) is 1. The molecule has 9 heteroatoms. The molecule has 0 radical (unpaired) electrons. The summed E-state index contributed by atoms with van der Waals surface area (Å²) in [6.07, 6.45) is 1.67. The first-order valence-corrected chi connectivity index (χ1v) is 9.48.